The molecule has 4 heteroatoms. The van der Waals surface area contributed by atoms with E-state index >= 15 is 0 Å². The smallest absolute Gasteiger partial charge is 0.275 e. The van der Waals surface area contributed by atoms with Gasteiger partial charge in [-0.25, -0.2) is 0 Å². The maximum Gasteiger partial charge on any atom is 0.275 e. The summed E-state index contributed by atoms with van der Waals surface area (Å²) in [6, 6.07) is 16.1. The van der Waals surface area contributed by atoms with Crippen molar-refractivity contribution in [2.45, 2.75) is 19.5 Å². The number of carbonyl (C=O) groups excluding carboxylic acids is 1. The van der Waals surface area contributed by atoms with Crippen molar-refractivity contribution in [1.82, 2.24) is 5.32 Å². The number of fused-ring (bicyclic) bond motifs is 1. The Bertz CT molecular complexity index is 672. The van der Waals surface area contributed by atoms with Gasteiger partial charge in [-0.3, -0.25) is 4.79 Å². The predicted octanol–water partition coefficient (Wildman–Crippen LogP) is 1.60. The Morgan fingerprint density at radius 2 is 1.95 bits per heavy atom. The highest BCUT2D eigenvalue weighted by molar-refractivity contribution is 6.30. The van der Waals surface area contributed by atoms with Gasteiger partial charge in [-0.15, -0.1) is 0 Å². The van der Waals surface area contributed by atoms with Crippen molar-refractivity contribution >= 4 is 17.5 Å². The van der Waals surface area contributed by atoms with E-state index in [0.717, 1.165) is 25.1 Å². The number of rotatable bonds is 4. The number of quaternary nitrogens is 1. The Labute approximate surface area is 135 Å². The maximum absolute atomic E-state index is 12.1. The van der Waals surface area contributed by atoms with E-state index in [9.17, 15) is 4.79 Å². The van der Waals surface area contributed by atoms with Gasteiger partial charge in [-0.05, 0) is 23.3 Å². The van der Waals surface area contributed by atoms with Crippen LogP contribution in [0, 0.1) is 0 Å². The normalized spacial score (nSPS) is 16.9. The van der Waals surface area contributed by atoms with Crippen LogP contribution in [0.25, 0.3) is 0 Å². The van der Waals surface area contributed by atoms with Crippen molar-refractivity contribution in [1.29, 1.82) is 0 Å². The molecule has 0 saturated heterocycles. The number of halogens is 1. The fourth-order valence-corrected chi connectivity index (χ4v) is 3.14. The molecule has 0 bridgehead atoms. The quantitative estimate of drug-likeness (QED) is 0.883. The fourth-order valence-electron chi connectivity index (χ4n) is 2.93. The number of carbonyl (C=O) groups is 1. The Balaban J connectivity index is 1.50. The average Bonchev–Trinajstić information content (AvgIpc) is 2.53. The van der Waals surface area contributed by atoms with E-state index in [-0.39, 0.29) is 5.91 Å². The molecular formula is C18H20ClN2O+. The van der Waals surface area contributed by atoms with Crippen LogP contribution in [-0.4, -0.2) is 19.0 Å². The lowest BCUT2D eigenvalue weighted by Gasteiger charge is -2.25. The number of benzene rings is 2. The molecule has 2 N–H and O–H groups in total. The Morgan fingerprint density at radius 1 is 1.14 bits per heavy atom. The van der Waals surface area contributed by atoms with Crippen LogP contribution in [-0.2, 0) is 24.3 Å². The van der Waals surface area contributed by atoms with Gasteiger partial charge < -0.3 is 10.2 Å². The monoisotopic (exact) mass is 315 g/mol. The molecule has 2 aromatic carbocycles. The summed E-state index contributed by atoms with van der Waals surface area (Å²) in [7, 11) is 0. The van der Waals surface area contributed by atoms with E-state index < -0.39 is 0 Å². The summed E-state index contributed by atoms with van der Waals surface area (Å²) in [6.45, 7) is 3.00. The van der Waals surface area contributed by atoms with Gasteiger partial charge in [-0.1, -0.05) is 48.0 Å². The minimum Gasteiger partial charge on any atom is -0.347 e. The maximum atomic E-state index is 12.1. The molecule has 114 valence electrons. The molecule has 1 aliphatic heterocycles. The molecule has 1 atom stereocenters. The lowest BCUT2D eigenvalue weighted by Crippen LogP contribution is -3.12. The van der Waals surface area contributed by atoms with E-state index in [0.29, 0.717) is 18.1 Å². The van der Waals surface area contributed by atoms with Crippen molar-refractivity contribution in [3.63, 3.8) is 0 Å². The van der Waals surface area contributed by atoms with E-state index in [2.05, 4.69) is 29.6 Å². The Kier molecular flexibility index (Phi) is 4.76. The van der Waals surface area contributed by atoms with E-state index in [4.69, 9.17) is 11.6 Å². The summed E-state index contributed by atoms with van der Waals surface area (Å²) in [5.74, 6) is 0.0920. The van der Waals surface area contributed by atoms with E-state index in [1.54, 1.807) is 0 Å². The summed E-state index contributed by atoms with van der Waals surface area (Å²) in [4.78, 5) is 13.4. The number of nitrogens with one attached hydrogen (secondary N) is 2. The third-order valence-corrected chi connectivity index (χ3v) is 4.33. The molecule has 3 rings (SSSR count). The lowest BCUT2D eigenvalue weighted by atomic mass is 10.00. The molecule has 1 aliphatic rings. The molecule has 2 aromatic rings. The molecule has 1 unspecified atom stereocenters. The van der Waals surface area contributed by atoms with Gasteiger partial charge in [0.1, 0.15) is 6.54 Å². The third-order valence-electron chi connectivity index (χ3n) is 4.10. The zero-order valence-electron chi connectivity index (χ0n) is 12.4. The largest absolute Gasteiger partial charge is 0.347 e. The summed E-state index contributed by atoms with van der Waals surface area (Å²) in [6.07, 6.45) is 1.05. The molecule has 0 spiro atoms. The van der Waals surface area contributed by atoms with Gasteiger partial charge in [0, 0.05) is 23.6 Å². The first kappa shape index (κ1) is 15.1. The summed E-state index contributed by atoms with van der Waals surface area (Å²) < 4.78 is 0. The second-order valence-electron chi connectivity index (χ2n) is 5.78. The molecule has 22 heavy (non-hydrogen) atoms. The van der Waals surface area contributed by atoms with Crippen LogP contribution >= 0.6 is 11.6 Å². The molecule has 3 nitrogen and oxygen atoms in total. The summed E-state index contributed by atoms with van der Waals surface area (Å²) >= 11 is 5.95. The number of amides is 1. The number of hydrogen-bond donors (Lipinski definition) is 2. The summed E-state index contributed by atoms with van der Waals surface area (Å²) in [5.41, 5.74) is 3.82. The first-order chi connectivity index (χ1) is 10.7. The predicted molar refractivity (Wildman–Crippen MR) is 87.8 cm³/mol. The van der Waals surface area contributed by atoms with Gasteiger partial charge >= 0.3 is 0 Å². The van der Waals surface area contributed by atoms with Crippen LogP contribution in [0.5, 0.6) is 0 Å². The van der Waals surface area contributed by atoms with Crippen LogP contribution in [0.4, 0.5) is 0 Å². The molecular weight excluding hydrogens is 296 g/mol. The molecule has 1 heterocycles. The van der Waals surface area contributed by atoms with Gasteiger partial charge in [0.2, 0.25) is 0 Å². The fraction of sp³-hybridized carbons (Fsp3) is 0.278. The van der Waals surface area contributed by atoms with Crippen LogP contribution in [0.1, 0.15) is 16.7 Å². The minimum atomic E-state index is 0.0920. The van der Waals surface area contributed by atoms with Crippen LogP contribution in [0.2, 0.25) is 5.02 Å². The first-order valence-electron chi connectivity index (χ1n) is 7.62. The van der Waals surface area contributed by atoms with Crippen molar-refractivity contribution < 1.29 is 9.69 Å². The summed E-state index contributed by atoms with van der Waals surface area (Å²) in [5, 5.41) is 3.68. The Hall–Kier alpha value is -1.84. The standard InChI is InChI=1S/C18H19ClN2O/c19-17-7-3-4-14(10-17)11-20-18(22)13-21-9-8-15-5-1-2-6-16(15)12-21/h1-7,10H,8-9,11-13H2,(H,20,22)/p+1. The molecule has 0 radical (unpaired) electrons. The highest BCUT2D eigenvalue weighted by Gasteiger charge is 2.21. The van der Waals surface area contributed by atoms with Crippen LogP contribution in [0.15, 0.2) is 48.5 Å². The molecule has 1 amide bonds. The van der Waals surface area contributed by atoms with Crippen LogP contribution in [0.3, 0.4) is 0 Å². The molecule has 0 aromatic heterocycles. The van der Waals surface area contributed by atoms with Gasteiger partial charge in [0.15, 0.2) is 6.54 Å². The Morgan fingerprint density at radius 3 is 2.77 bits per heavy atom. The van der Waals surface area contributed by atoms with Crippen molar-refractivity contribution in [2.24, 2.45) is 0 Å². The molecule has 0 aliphatic carbocycles. The van der Waals surface area contributed by atoms with Crippen molar-refractivity contribution in [3.05, 3.63) is 70.2 Å². The minimum absolute atomic E-state index is 0.0920. The highest BCUT2D eigenvalue weighted by atomic mass is 35.5. The van der Waals surface area contributed by atoms with Gasteiger partial charge in [-0.2, -0.15) is 0 Å². The molecule has 0 fully saturated rings. The average molecular weight is 316 g/mol. The lowest BCUT2D eigenvalue weighted by molar-refractivity contribution is -0.908. The van der Waals surface area contributed by atoms with E-state index in [1.807, 2.05) is 24.3 Å². The third kappa shape index (κ3) is 3.87. The zero-order valence-corrected chi connectivity index (χ0v) is 13.2. The zero-order chi connectivity index (χ0) is 15.4. The highest BCUT2D eigenvalue weighted by Crippen LogP contribution is 2.11. The van der Waals surface area contributed by atoms with Crippen molar-refractivity contribution in [2.75, 3.05) is 13.1 Å². The van der Waals surface area contributed by atoms with Gasteiger partial charge in [0.25, 0.3) is 5.91 Å². The van der Waals surface area contributed by atoms with Gasteiger partial charge in [0.05, 0.1) is 6.54 Å². The topological polar surface area (TPSA) is 33.5 Å². The number of hydrogen-bond acceptors (Lipinski definition) is 1. The first-order valence-corrected chi connectivity index (χ1v) is 8.00. The van der Waals surface area contributed by atoms with Crippen LogP contribution < -0.4 is 10.2 Å². The second kappa shape index (κ2) is 6.95. The molecule has 0 saturated carbocycles. The van der Waals surface area contributed by atoms with E-state index in [1.165, 1.54) is 16.0 Å². The second-order valence-corrected chi connectivity index (χ2v) is 6.22. The SMILES string of the molecule is O=C(C[NH+]1CCc2ccccc2C1)NCc1cccc(Cl)c1. The van der Waals surface area contributed by atoms with Crippen molar-refractivity contribution in [3.8, 4) is 0 Å².